The molecule has 1 N–H and O–H groups in total. The lowest BCUT2D eigenvalue weighted by molar-refractivity contribution is -0.121. The fourth-order valence-electron chi connectivity index (χ4n) is 2.32. The number of aryl methyl sites for hydroxylation is 2. The lowest BCUT2D eigenvalue weighted by Gasteiger charge is -2.05. The molecule has 1 aromatic carbocycles. The minimum Gasteiger partial charge on any atom is -0.467 e. The van der Waals surface area contributed by atoms with Crippen molar-refractivity contribution in [3.05, 3.63) is 54.1 Å². The third-order valence-electron chi connectivity index (χ3n) is 3.50. The predicted molar refractivity (Wildman–Crippen MR) is 79.6 cm³/mol. The first-order chi connectivity index (χ1) is 10.2. The van der Waals surface area contributed by atoms with Crippen LogP contribution in [0.4, 0.5) is 0 Å². The van der Waals surface area contributed by atoms with Crippen LogP contribution in [0.1, 0.15) is 17.7 Å². The summed E-state index contributed by atoms with van der Waals surface area (Å²) in [5, 5.41) is 8.32. The summed E-state index contributed by atoms with van der Waals surface area (Å²) in [6, 6.07) is 9.73. The van der Waals surface area contributed by atoms with Crippen LogP contribution in [-0.4, -0.2) is 15.7 Å². The quantitative estimate of drug-likeness (QED) is 0.783. The number of carbonyl (C=O) groups is 1. The largest absolute Gasteiger partial charge is 0.467 e. The summed E-state index contributed by atoms with van der Waals surface area (Å²) in [5.41, 5.74) is 2.26. The van der Waals surface area contributed by atoms with Gasteiger partial charge in [-0.15, -0.1) is 0 Å². The first kappa shape index (κ1) is 13.4. The topological polar surface area (TPSA) is 60.1 Å². The van der Waals surface area contributed by atoms with Gasteiger partial charge in [-0.2, -0.15) is 5.10 Å². The number of carbonyl (C=O) groups excluding carboxylic acids is 1. The molecule has 108 valence electrons. The molecular formula is C16H17N3O2. The number of rotatable bonds is 5. The lowest BCUT2D eigenvalue weighted by Crippen LogP contribution is -2.23. The number of aromatic nitrogens is 2. The Hall–Kier alpha value is -2.56. The molecule has 0 saturated carbocycles. The molecule has 0 aliphatic carbocycles. The molecule has 2 aromatic heterocycles. The second kappa shape index (κ2) is 5.83. The van der Waals surface area contributed by atoms with Crippen molar-refractivity contribution in [3.8, 4) is 0 Å². The summed E-state index contributed by atoms with van der Waals surface area (Å²) in [6.45, 7) is 3.05. The van der Waals surface area contributed by atoms with Gasteiger partial charge in [-0.1, -0.05) is 12.1 Å². The minimum atomic E-state index is -0.0114. The van der Waals surface area contributed by atoms with Crippen molar-refractivity contribution in [2.75, 3.05) is 0 Å². The molecule has 3 aromatic rings. The Morgan fingerprint density at radius 1 is 1.33 bits per heavy atom. The molecule has 0 unspecified atom stereocenters. The van der Waals surface area contributed by atoms with Crippen LogP contribution in [0.15, 0.2) is 47.2 Å². The van der Waals surface area contributed by atoms with E-state index in [0.29, 0.717) is 19.5 Å². The van der Waals surface area contributed by atoms with Gasteiger partial charge in [-0.25, -0.2) is 0 Å². The number of furan rings is 1. The van der Waals surface area contributed by atoms with Crippen LogP contribution >= 0.6 is 0 Å². The second-order valence-corrected chi connectivity index (χ2v) is 4.98. The first-order valence-electron chi connectivity index (χ1n) is 6.94. The molecule has 0 aliphatic rings. The number of hydrogen-bond donors (Lipinski definition) is 1. The monoisotopic (exact) mass is 283 g/mol. The fourth-order valence-corrected chi connectivity index (χ4v) is 2.32. The average Bonchev–Trinajstić information content (AvgIpc) is 3.13. The molecule has 0 radical (unpaired) electrons. The van der Waals surface area contributed by atoms with E-state index in [-0.39, 0.29) is 5.91 Å². The highest BCUT2D eigenvalue weighted by Gasteiger charge is 2.07. The molecule has 3 rings (SSSR count). The summed E-state index contributed by atoms with van der Waals surface area (Å²) in [6.07, 6.45) is 3.84. The Kier molecular flexibility index (Phi) is 3.73. The molecule has 0 aliphatic heterocycles. The van der Waals surface area contributed by atoms with E-state index >= 15 is 0 Å². The van der Waals surface area contributed by atoms with Crippen molar-refractivity contribution in [1.29, 1.82) is 0 Å². The van der Waals surface area contributed by atoms with Crippen molar-refractivity contribution in [2.45, 2.75) is 26.4 Å². The van der Waals surface area contributed by atoms with Crippen molar-refractivity contribution < 1.29 is 9.21 Å². The Morgan fingerprint density at radius 3 is 3.05 bits per heavy atom. The molecule has 2 heterocycles. The van der Waals surface area contributed by atoms with Gasteiger partial charge in [0.05, 0.1) is 31.1 Å². The van der Waals surface area contributed by atoms with Crippen LogP contribution in [0.25, 0.3) is 10.9 Å². The average molecular weight is 283 g/mol. The third-order valence-corrected chi connectivity index (χ3v) is 3.50. The van der Waals surface area contributed by atoms with Gasteiger partial charge in [0.25, 0.3) is 0 Å². The standard InChI is InChI=1S/C16H17N3O2/c1-12-4-2-6-15-14(12)11-18-19(15)8-7-16(20)17-10-13-5-3-9-21-13/h2-6,9,11H,7-8,10H2,1H3,(H,17,20). The summed E-state index contributed by atoms with van der Waals surface area (Å²) in [4.78, 5) is 11.8. The van der Waals surface area contributed by atoms with Crippen LogP contribution in [0.5, 0.6) is 0 Å². The van der Waals surface area contributed by atoms with Crippen molar-refractivity contribution in [1.82, 2.24) is 15.1 Å². The molecule has 0 fully saturated rings. The highest BCUT2D eigenvalue weighted by atomic mass is 16.3. The summed E-state index contributed by atoms with van der Waals surface area (Å²) < 4.78 is 7.04. The SMILES string of the molecule is Cc1cccc2c1cnn2CCC(=O)NCc1ccco1. The molecule has 0 saturated heterocycles. The Balaban J connectivity index is 1.59. The number of amides is 1. The molecule has 0 bridgehead atoms. The van der Waals surface area contributed by atoms with Gasteiger partial charge in [0.1, 0.15) is 5.76 Å². The van der Waals surface area contributed by atoms with Crippen LogP contribution in [0, 0.1) is 6.92 Å². The molecule has 0 spiro atoms. The summed E-state index contributed by atoms with van der Waals surface area (Å²) >= 11 is 0. The molecule has 5 nitrogen and oxygen atoms in total. The van der Waals surface area contributed by atoms with E-state index in [1.54, 1.807) is 12.3 Å². The van der Waals surface area contributed by atoms with Gasteiger partial charge < -0.3 is 9.73 Å². The zero-order valence-corrected chi connectivity index (χ0v) is 11.9. The maximum Gasteiger partial charge on any atom is 0.222 e. The predicted octanol–water partition coefficient (Wildman–Crippen LogP) is 2.64. The smallest absolute Gasteiger partial charge is 0.222 e. The molecular weight excluding hydrogens is 266 g/mol. The van der Waals surface area contributed by atoms with E-state index in [1.807, 2.05) is 29.1 Å². The van der Waals surface area contributed by atoms with Crippen LogP contribution in [0.3, 0.4) is 0 Å². The Labute approximate surface area is 122 Å². The molecule has 1 amide bonds. The van der Waals surface area contributed by atoms with Crippen molar-refractivity contribution in [2.24, 2.45) is 0 Å². The van der Waals surface area contributed by atoms with E-state index < -0.39 is 0 Å². The maximum atomic E-state index is 11.8. The minimum absolute atomic E-state index is 0.0114. The maximum absolute atomic E-state index is 11.8. The van der Waals surface area contributed by atoms with E-state index in [2.05, 4.69) is 23.4 Å². The van der Waals surface area contributed by atoms with Crippen molar-refractivity contribution in [3.63, 3.8) is 0 Å². The first-order valence-corrected chi connectivity index (χ1v) is 6.94. The number of benzene rings is 1. The fraction of sp³-hybridized carbons (Fsp3) is 0.250. The van der Waals surface area contributed by atoms with Gasteiger partial charge in [0.2, 0.25) is 5.91 Å². The second-order valence-electron chi connectivity index (χ2n) is 4.98. The Morgan fingerprint density at radius 2 is 2.24 bits per heavy atom. The number of nitrogens with one attached hydrogen (secondary N) is 1. The zero-order valence-electron chi connectivity index (χ0n) is 11.9. The number of nitrogens with zero attached hydrogens (tertiary/aromatic N) is 2. The van der Waals surface area contributed by atoms with Gasteiger partial charge in [-0.05, 0) is 30.7 Å². The molecule has 21 heavy (non-hydrogen) atoms. The number of fused-ring (bicyclic) bond motifs is 1. The van der Waals surface area contributed by atoms with E-state index in [4.69, 9.17) is 4.42 Å². The van der Waals surface area contributed by atoms with E-state index in [1.165, 1.54) is 5.56 Å². The van der Waals surface area contributed by atoms with Crippen LogP contribution in [0.2, 0.25) is 0 Å². The third kappa shape index (κ3) is 2.97. The summed E-state index contributed by atoms with van der Waals surface area (Å²) in [5.74, 6) is 0.742. The van der Waals surface area contributed by atoms with E-state index in [9.17, 15) is 4.79 Å². The van der Waals surface area contributed by atoms with Crippen LogP contribution in [-0.2, 0) is 17.9 Å². The lowest BCUT2D eigenvalue weighted by atomic mass is 10.1. The van der Waals surface area contributed by atoms with Crippen molar-refractivity contribution >= 4 is 16.8 Å². The normalized spacial score (nSPS) is 10.9. The zero-order chi connectivity index (χ0) is 14.7. The van der Waals surface area contributed by atoms with Gasteiger partial charge in [-0.3, -0.25) is 9.48 Å². The molecule has 0 atom stereocenters. The van der Waals surface area contributed by atoms with Gasteiger partial charge in [0.15, 0.2) is 0 Å². The number of hydrogen-bond acceptors (Lipinski definition) is 3. The summed E-state index contributed by atoms with van der Waals surface area (Å²) in [7, 11) is 0. The van der Waals surface area contributed by atoms with E-state index in [0.717, 1.165) is 16.7 Å². The Bertz CT molecular complexity index is 744. The highest BCUT2D eigenvalue weighted by molar-refractivity contribution is 5.82. The molecule has 5 heteroatoms. The highest BCUT2D eigenvalue weighted by Crippen LogP contribution is 2.17. The van der Waals surface area contributed by atoms with Gasteiger partial charge in [0, 0.05) is 11.8 Å². The van der Waals surface area contributed by atoms with Gasteiger partial charge >= 0.3 is 0 Å². The van der Waals surface area contributed by atoms with Crippen LogP contribution < -0.4 is 5.32 Å².